The number of ether oxygens (including phenoxy) is 1. The molecule has 3 rings (SSSR count). The van der Waals surface area contributed by atoms with Crippen LogP contribution in [0.4, 0.5) is 5.82 Å². The molecule has 2 fully saturated rings. The second-order valence-corrected chi connectivity index (χ2v) is 4.75. The molecule has 2 aliphatic rings. The van der Waals surface area contributed by atoms with Crippen LogP contribution in [0.15, 0.2) is 23.5 Å². The van der Waals surface area contributed by atoms with Gasteiger partial charge in [0.25, 0.3) is 0 Å². The molecule has 2 unspecified atom stereocenters. The Morgan fingerprint density at radius 1 is 1.39 bits per heavy atom. The topological polar surface area (TPSA) is 84.0 Å². The molecule has 1 aromatic rings. The molecule has 2 bridgehead atoms. The van der Waals surface area contributed by atoms with E-state index in [1.54, 1.807) is 6.20 Å². The fraction of sp³-hybridized carbons (Fsp3) is 0.500. The van der Waals surface area contributed by atoms with Gasteiger partial charge in [0.1, 0.15) is 5.82 Å². The van der Waals surface area contributed by atoms with Crippen LogP contribution in [0.2, 0.25) is 0 Å². The summed E-state index contributed by atoms with van der Waals surface area (Å²) in [6, 6.07) is 3.72. The molecule has 0 aromatic carbocycles. The summed E-state index contributed by atoms with van der Waals surface area (Å²) in [5, 5.41) is 11.5. The van der Waals surface area contributed by atoms with E-state index < -0.39 is 0 Å². The first-order chi connectivity index (χ1) is 8.76. The van der Waals surface area contributed by atoms with Gasteiger partial charge in [-0.15, -0.1) is 0 Å². The molecule has 0 aliphatic carbocycles. The van der Waals surface area contributed by atoms with Gasteiger partial charge in [0, 0.05) is 24.8 Å². The minimum absolute atomic E-state index is 0.0797. The Bertz CT molecular complexity index is 448. The number of oxime groups is 1. The standard InChI is InChI=1S/C12H16N4O2/c13-12(15-17)8-1-4-11(14-5-8)16-6-9-2-3-10(7-16)18-9/h1,4-5,9-10,17H,2-3,6-7H2,(H2,13,15). The maximum Gasteiger partial charge on any atom is 0.171 e. The van der Waals surface area contributed by atoms with Gasteiger partial charge in [-0.2, -0.15) is 0 Å². The number of morpholine rings is 1. The van der Waals surface area contributed by atoms with E-state index in [0.717, 1.165) is 31.7 Å². The monoisotopic (exact) mass is 248 g/mol. The molecule has 6 nitrogen and oxygen atoms in total. The molecule has 2 atom stereocenters. The smallest absolute Gasteiger partial charge is 0.171 e. The zero-order valence-corrected chi connectivity index (χ0v) is 9.99. The summed E-state index contributed by atoms with van der Waals surface area (Å²) in [6.45, 7) is 1.79. The van der Waals surface area contributed by atoms with Crippen LogP contribution in [0.25, 0.3) is 0 Å². The Labute approximate surface area is 105 Å². The number of pyridine rings is 1. The Morgan fingerprint density at radius 2 is 2.11 bits per heavy atom. The summed E-state index contributed by atoms with van der Waals surface area (Å²) in [5.74, 6) is 1.00. The molecule has 2 aliphatic heterocycles. The molecule has 1 aromatic heterocycles. The second kappa shape index (κ2) is 4.45. The Morgan fingerprint density at radius 3 is 2.67 bits per heavy atom. The molecule has 3 N–H and O–H groups in total. The first-order valence-electron chi connectivity index (χ1n) is 6.10. The maximum absolute atomic E-state index is 8.59. The van der Waals surface area contributed by atoms with E-state index in [2.05, 4.69) is 15.0 Å². The number of hydrogen-bond donors (Lipinski definition) is 2. The number of amidine groups is 1. The molecule has 0 spiro atoms. The quantitative estimate of drug-likeness (QED) is 0.345. The molecule has 6 heteroatoms. The van der Waals surface area contributed by atoms with Crippen molar-refractivity contribution in [2.75, 3.05) is 18.0 Å². The van der Waals surface area contributed by atoms with Crippen LogP contribution < -0.4 is 10.6 Å². The van der Waals surface area contributed by atoms with Gasteiger partial charge in [-0.1, -0.05) is 5.16 Å². The fourth-order valence-corrected chi connectivity index (χ4v) is 2.58. The number of nitrogens with two attached hydrogens (primary N) is 1. The van der Waals surface area contributed by atoms with Crippen molar-refractivity contribution < 1.29 is 9.94 Å². The highest BCUT2D eigenvalue weighted by Crippen LogP contribution is 2.28. The van der Waals surface area contributed by atoms with Crippen molar-refractivity contribution in [3.05, 3.63) is 23.9 Å². The number of rotatable bonds is 2. The van der Waals surface area contributed by atoms with Gasteiger partial charge in [-0.3, -0.25) is 0 Å². The number of aromatic nitrogens is 1. The maximum atomic E-state index is 8.59. The van der Waals surface area contributed by atoms with Crippen molar-refractivity contribution in [3.8, 4) is 0 Å². The van der Waals surface area contributed by atoms with Crippen LogP contribution in [-0.2, 0) is 4.74 Å². The second-order valence-electron chi connectivity index (χ2n) is 4.75. The number of nitrogens with zero attached hydrogens (tertiary/aromatic N) is 3. The number of fused-ring (bicyclic) bond motifs is 2. The third kappa shape index (κ3) is 1.99. The largest absolute Gasteiger partial charge is 0.409 e. The van der Waals surface area contributed by atoms with Gasteiger partial charge < -0.3 is 20.6 Å². The van der Waals surface area contributed by atoms with Crippen LogP contribution in [0.5, 0.6) is 0 Å². The summed E-state index contributed by atoms with van der Waals surface area (Å²) in [4.78, 5) is 6.60. The van der Waals surface area contributed by atoms with E-state index in [1.807, 2.05) is 12.1 Å². The fourth-order valence-electron chi connectivity index (χ4n) is 2.58. The van der Waals surface area contributed by atoms with Gasteiger partial charge in [0.2, 0.25) is 0 Å². The molecule has 96 valence electrons. The highest BCUT2D eigenvalue weighted by molar-refractivity contribution is 5.96. The molecule has 0 amide bonds. The lowest BCUT2D eigenvalue weighted by molar-refractivity contribution is 0.0302. The van der Waals surface area contributed by atoms with Crippen molar-refractivity contribution >= 4 is 11.7 Å². The minimum Gasteiger partial charge on any atom is -0.409 e. The Balaban J connectivity index is 1.77. The third-order valence-corrected chi connectivity index (χ3v) is 3.52. The molecule has 0 radical (unpaired) electrons. The molecule has 2 saturated heterocycles. The SMILES string of the molecule is NC(=NO)c1ccc(N2CC3CCC(C2)O3)nc1. The molecule has 0 saturated carbocycles. The summed E-state index contributed by atoms with van der Waals surface area (Å²) >= 11 is 0. The van der Waals surface area contributed by atoms with Crippen LogP contribution in [0, 0.1) is 0 Å². The lowest BCUT2D eigenvalue weighted by Gasteiger charge is -2.32. The molecule has 3 heterocycles. The average molecular weight is 248 g/mol. The van der Waals surface area contributed by atoms with Crippen LogP contribution in [0.3, 0.4) is 0 Å². The number of anilines is 1. The first kappa shape index (κ1) is 11.3. The first-order valence-corrected chi connectivity index (χ1v) is 6.10. The highest BCUT2D eigenvalue weighted by atomic mass is 16.5. The predicted octanol–water partition coefficient (Wildman–Crippen LogP) is 0.544. The van der Waals surface area contributed by atoms with E-state index in [0.29, 0.717) is 17.8 Å². The zero-order valence-electron chi connectivity index (χ0n) is 9.99. The summed E-state index contributed by atoms with van der Waals surface area (Å²) in [5.41, 5.74) is 6.13. The van der Waals surface area contributed by atoms with Gasteiger partial charge in [0.05, 0.1) is 12.2 Å². The number of hydrogen-bond acceptors (Lipinski definition) is 5. The Hall–Kier alpha value is -1.82. The van der Waals surface area contributed by atoms with E-state index >= 15 is 0 Å². The van der Waals surface area contributed by atoms with Crippen molar-refractivity contribution in [2.24, 2.45) is 10.9 Å². The van der Waals surface area contributed by atoms with E-state index in [4.69, 9.17) is 15.7 Å². The third-order valence-electron chi connectivity index (χ3n) is 3.52. The summed E-state index contributed by atoms with van der Waals surface area (Å²) < 4.78 is 5.79. The average Bonchev–Trinajstić information content (AvgIpc) is 2.77. The highest BCUT2D eigenvalue weighted by Gasteiger charge is 2.34. The van der Waals surface area contributed by atoms with Crippen molar-refractivity contribution in [1.82, 2.24) is 4.98 Å². The van der Waals surface area contributed by atoms with Crippen molar-refractivity contribution in [2.45, 2.75) is 25.0 Å². The summed E-state index contributed by atoms with van der Waals surface area (Å²) in [7, 11) is 0. The van der Waals surface area contributed by atoms with E-state index in [-0.39, 0.29) is 5.84 Å². The van der Waals surface area contributed by atoms with Gasteiger partial charge >= 0.3 is 0 Å². The lowest BCUT2D eigenvalue weighted by Crippen LogP contribution is -2.43. The predicted molar refractivity (Wildman–Crippen MR) is 66.9 cm³/mol. The lowest BCUT2D eigenvalue weighted by atomic mass is 10.2. The van der Waals surface area contributed by atoms with Crippen LogP contribution in [-0.4, -0.2) is 41.3 Å². The van der Waals surface area contributed by atoms with Gasteiger partial charge in [-0.25, -0.2) is 4.98 Å². The normalized spacial score (nSPS) is 27.6. The van der Waals surface area contributed by atoms with Crippen LogP contribution in [0.1, 0.15) is 18.4 Å². The van der Waals surface area contributed by atoms with Crippen molar-refractivity contribution in [1.29, 1.82) is 0 Å². The van der Waals surface area contributed by atoms with Gasteiger partial charge in [-0.05, 0) is 25.0 Å². The van der Waals surface area contributed by atoms with E-state index in [1.165, 1.54) is 0 Å². The van der Waals surface area contributed by atoms with E-state index in [9.17, 15) is 0 Å². The minimum atomic E-state index is 0.0797. The van der Waals surface area contributed by atoms with Gasteiger partial charge in [0.15, 0.2) is 5.84 Å². The zero-order chi connectivity index (χ0) is 12.5. The summed E-state index contributed by atoms with van der Waals surface area (Å²) in [6.07, 6.45) is 4.60. The molecular weight excluding hydrogens is 232 g/mol. The molecular formula is C12H16N4O2. The molecule has 18 heavy (non-hydrogen) atoms. The van der Waals surface area contributed by atoms with Crippen LogP contribution >= 0.6 is 0 Å². The van der Waals surface area contributed by atoms with Crippen molar-refractivity contribution in [3.63, 3.8) is 0 Å². The Kier molecular flexibility index (Phi) is 2.79.